The van der Waals surface area contributed by atoms with E-state index >= 15 is 0 Å². The maximum atomic E-state index is 11.7. The number of nitrogens with one attached hydrogen (secondary N) is 1. The molecule has 19 heavy (non-hydrogen) atoms. The average molecular weight is 274 g/mol. The van der Waals surface area contributed by atoms with Crippen LogP contribution in [-0.2, 0) is 4.79 Å². The van der Waals surface area contributed by atoms with Gasteiger partial charge in [0.1, 0.15) is 5.75 Å². The Kier molecular flexibility index (Phi) is 4.69. The monoisotopic (exact) mass is 274 g/mol. The average Bonchev–Trinajstić information content (AvgIpc) is 2.93. The molecule has 0 saturated carbocycles. The number of hydrogen-bond donors (Lipinski definition) is 1. The van der Waals surface area contributed by atoms with Gasteiger partial charge in [0.05, 0.1) is 6.21 Å². The highest BCUT2D eigenvalue weighted by molar-refractivity contribution is 7.11. The van der Waals surface area contributed by atoms with E-state index in [1.165, 1.54) is 0 Å². The summed E-state index contributed by atoms with van der Waals surface area (Å²) in [5, 5.41) is 5.83. The number of amides is 1. The summed E-state index contributed by atoms with van der Waals surface area (Å²) in [6.07, 6.45) is 1.01. The number of thiophene rings is 1. The predicted molar refractivity (Wildman–Crippen MR) is 76.6 cm³/mol. The summed E-state index contributed by atoms with van der Waals surface area (Å²) in [5.41, 5.74) is 2.45. The van der Waals surface area contributed by atoms with Gasteiger partial charge < -0.3 is 4.74 Å². The molecule has 0 aliphatic carbocycles. The molecule has 1 atom stereocenters. The van der Waals surface area contributed by atoms with Crippen LogP contribution in [-0.4, -0.2) is 18.2 Å². The van der Waals surface area contributed by atoms with E-state index in [-0.39, 0.29) is 5.91 Å². The predicted octanol–water partition coefficient (Wildman–Crippen LogP) is 2.67. The van der Waals surface area contributed by atoms with Crippen LogP contribution >= 0.6 is 11.3 Å². The second-order valence-electron chi connectivity index (χ2n) is 3.82. The van der Waals surface area contributed by atoms with Gasteiger partial charge in [-0.1, -0.05) is 24.3 Å². The van der Waals surface area contributed by atoms with Crippen molar-refractivity contribution in [3.63, 3.8) is 0 Å². The summed E-state index contributed by atoms with van der Waals surface area (Å²) >= 11 is 1.55. The van der Waals surface area contributed by atoms with Gasteiger partial charge in [-0.05, 0) is 30.5 Å². The molecule has 0 radical (unpaired) electrons. The van der Waals surface area contributed by atoms with E-state index in [9.17, 15) is 4.79 Å². The zero-order valence-electron chi connectivity index (χ0n) is 10.4. The Labute approximate surface area is 115 Å². The first-order chi connectivity index (χ1) is 9.25. The first-order valence-electron chi connectivity index (χ1n) is 5.84. The van der Waals surface area contributed by atoms with E-state index in [0.29, 0.717) is 5.75 Å². The van der Waals surface area contributed by atoms with Crippen LogP contribution in [0, 0.1) is 0 Å². The highest BCUT2D eigenvalue weighted by Crippen LogP contribution is 2.10. The molecule has 0 unspecified atom stereocenters. The molecule has 1 aromatic heterocycles. The van der Waals surface area contributed by atoms with Gasteiger partial charge >= 0.3 is 0 Å². The largest absolute Gasteiger partial charge is 0.481 e. The Morgan fingerprint density at radius 3 is 2.79 bits per heavy atom. The Balaban J connectivity index is 1.83. The minimum atomic E-state index is -0.595. The van der Waals surface area contributed by atoms with Gasteiger partial charge in [-0.25, -0.2) is 5.43 Å². The van der Waals surface area contributed by atoms with Crippen molar-refractivity contribution in [2.45, 2.75) is 13.0 Å². The van der Waals surface area contributed by atoms with Crippen LogP contribution in [0.2, 0.25) is 0 Å². The Morgan fingerprint density at radius 2 is 2.11 bits per heavy atom. The van der Waals surface area contributed by atoms with Crippen molar-refractivity contribution in [1.29, 1.82) is 0 Å². The molecule has 1 heterocycles. The minimum absolute atomic E-state index is 0.281. The van der Waals surface area contributed by atoms with E-state index in [1.807, 2.05) is 35.7 Å². The van der Waals surface area contributed by atoms with Gasteiger partial charge in [-0.3, -0.25) is 4.79 Å². The summed E-state index contributed by atoms with van der Waals surface area (Å²) in [5.74, 6) is 0.379. The summed E-state index contributed by atoms with van der Waals surface area (Å²) < 4.78 is 5.48. The molecule has 0 spiro atoms. The smallest absolute Gasteiger partial charge is 0.280 e. The van der Waals surface area contributed by atoms with E-state index in [1.54, 1.807) is 36.6 Å². The van der Waals surface area contributed by atoms with Crippen molar-refractivity contribution in [3.05, 3.63) is 52.7 Å². The van der Waals surface area contributed by atoms with Gasteiger partial charge in [0.2, 0.25) is 0 Å². The van der Waals surface area contributed by atoms with Gasteiger partial charge in [0, 0.05) is 4.88 Å². The number of nitrogens with zero attached hydrogens (tertiary/aromatic N) is 1. The second kappa shape index (κ2) is 6.70. The summed E-state index contributed by atoms with van der Waals surface area (Å²) in [7, 11) is 0. The fourth-order valence-electron chi connectivity index (χ4n) is 1.37. The number of rotatable bonds is 5. The first kappa shape index (κ1) is 13.3. The number of hydrazone groups is 1. The highest BCUT2D eigenvalue weighted by atomic mass is 32.1. The number of para-hydroxylation sites is 1. The van der Waals surface area contributed by atoms with Crippen molar-refractivity contribution < 1.29 is 9.53 Å². The van der Waals surface area contributed by atoms with Crippen LogP contribution in [0.15, 0.2) is 52.9 Å². The van der Waals surface area contributed by atoms with Crippen molar-refractivity contribution in [1.82, 2.24) is 5.43 Å². The standard InChI is InChI=1S/C14H14N2O2S/c1-11(18-12-6-3-2-4-7-12)14(17)16-15-10-13-8-5-9-19-13/h2-11H,1H3,(H,16,17)/b15-10+/t11-/m1/s1. The number of hydrogen-bond acceptors (Lipinski definition) is 4. The van der Waals surface area contributed by atoms with Crippen molar-refractivity contribution in [3.8, 4) is 5.75 Å². The molecule has 0 aliphatic rings. The number of carbonyl (C=O) groups is 1. The summed E-state index contributed by atoms with van der Waals surface area (Å²) in [6.45, 7) is 1.68. The third-order valence-corrected chi connectivity index (χ3v) is 3.14. The molecular formula is C14H14N2O2S. The molecule has 0 saturated heterocycles. The summed E-state index contributed by atoms with van der Waals surface area (Å²) in [6, 6.07) is 13.1. The van der Waals surface area contributed by atoms with Crippen LogP contribution in [0.3, 0.4) is 0 Å². The first-order valence-corrected chi connectivity index (χ1v) is 6.72. The Morgan fingerprint density at radius 1 is 1.32 bits per heavy atom. The third-order valence-electron chi connectivity index (χ3n) is 2.34. The van der Waals surface area contributed by atoms with Crippen LogP contribution < -0.4 is 10.2 Å². The third kappa shape index (κ3) is 4.22. The maximum absolute atomic E-state index is 11.7. The van der Waals surface area contributed by atoms with Crippen molar-refractivity contribution in [2.75, 3.05) is 0 Å². The maximum Gasteiger partial charge on any atom is 0.280 e. The molecule has 2 aromatic rings. The zero-order chi connectivity index (χ0) is 13.5. The quantitative estimate of drug-likeness (QED) is 0.673. The molecule has 1 aromatic carbocycles. The topological polar surface area (TPSA) is 50.7 Å². The highest BCUT2D eigenvalue weighted by Gasteiger charge is 2.13. The van der Waals surface area contributed by atoms with Crippen molar-refractivity contribution in [2.24, 2.45) is 5.10 Å². The van der Waals surface area contributed by atoms with Crippen LogP contribution in [0.4, 0.5) is 0 Å². The van der Waals surface area contributed by atoms with Crippen LogP contribution in [0.1, 0.15) is 11.8 Å². The van der Waals surface area contributed by atoms with E-state index < -0.39 is 6.10 Å². The number of benzene rings is 1. The molecule has 98 valence electrons. The van der Waals surface area contributed by atoms with Crippen LogP contribution in [0.5, 0.6) is 5.75 Å². The SMILES string of the molecule is C[C@@H](Oc1ccccc1)C(=O)N/N=C/c1cccs1. The Bertz CT molecular complexity index is 538. The molecule has 0 aliphatic heterocycles. The lowest BCUT2D eigenvalue weighted by Gasteiger charge is -2.12. The molecule has 1 amide bonds. The normalized spacial score (nSPS) is 12.3. The molecular weight excluding hydrogens is 260 g/mol. The number of ether oxygens (including phenoxy) is 1. The molecule has 4 nitrogen and oxygen atoms in total. The summed E-state index contributed by atoms with van der Waals surface area (Å²) in [4.78, 5) is 12.7. The molecule has 2 rings (SSSR count). The van der Waals surface area contributed by atoms with E-state index in [2.05, 4.69) is 10.5 Å². The van der Waals surface area contributed by atoms with Gasteiger partial charge in [-0.2, -0.15) is 5.10 Å². The second-order valence-corrected chi connectivity index (χ2v) is 4.80. The fraction of sp³-hybridized carbons (Fsp3) is 0.143. The van der Waals surface area contributed by atoms with E-state index in [0.717, 1.165) is 4.88 Å². The van der Waals surface area contributed by atoms with Gasteiger partial charge in [0.25, 0.3) is 5.91 Å². The minimum Gasteiger partial charge on any atom is -0.481 e. The van der Waals surface area contributed by atoms with Crippen molar-refractivity contribution >= 4 is 23.5 Å². The lowest BCUT2D eigenvalue weighted by Crippen LogP contribution is -2.33. The van der Waals surface area contributed by atoms with Gasteiger partial charge in [0.15, 0.2) is 6.10 Å². The van der Waals surface area contributed by atoms with Crippen LogP contribution in [0.25, 0.3) is 0 Å². The molecule has 0 fully saturated rings. The molecule has 5 heteroatoms. The van der Waals surface area contributed by atoms with E-state index in [4.69, 9.17) is 4.74 Å². The lowest BCUT2D eigenvalue weighted by molar-refractivity contribution is -0.127. The fourth-order valence-corrected chi connectivity index (χ4v) is 1.96. The number of carbonyl (C=O) groups excluding carboxylic acids is 1. The Hall–Kier alpha value is -2.14. The molecule has 1 N–H and O–H groups in total. The zero-order valence-corrected chi connectivity index (χ0v) is 11.3. The molecule has 0 bridgehead atoms. The van der Waals surface area contributed by atoms with Gasteiger partial charge in [-0.15, -0.1) is 11.3 Å². The lowest BCUT2D eigenvalue weighted by atomic mass is 10.3.